The fourth-order valence-electron chi connectivity index (χ4n) is 4.57. The first-order valence-corrected chi connectivity index (χ1v) is 14.1. The minimum Gasteiger partial charge on any atom is -0.593 e. The maximum Gasteiger partial charge on any atom is 0.227 e. The number of hydrogen-bond donors (Lipinski definition) is 2. The number of rotatable bonds is 8. The molecule has 3 heterocycles. The molecule has 2 saturated heterocycles. The molecule has 0 amide bonds. The lowest BCUT2D eigenvalue weighted by Crippen LogP contribution is -2.43. The predicted molar refractivity (Wildman–Crippen MR) is 146 cm³/mol. The van der Waals surface area contributed by atoms with Crippen molar-refractivity contribution < 1.29 is 14.0 Å². The number of nitrogens with zero attached hydrogens (tertiary/aromatic N) is 4. The summed E-state index contributed by atoms with van der Waals surface area (Å²) in [5.74, 6) is 1.01. The number of likely N-dealkylation sites (tertiary alicyclic amines) is 1. The van der Waals surface area contributed by atoms with Crippen molar-refractivity contribution in [2.75, 3.05) is 38.7 Å². The van der Waals surface area contributed by atoms with E-state index >= 15 is 0 Å². The van der Waals surface area contributed by atoms with Crippen LogP contribution in [0.15, 0.2) is 59.6 Å². The highest BCUT2D eigenvalue weighted by atomic mass is 32.2. The molecule has 2 N–H and O–H groups in total. The van der Waals surface area contributed by atoms with Crippen LogP contribution in [0.4, 0.5) is 11.6 Å². The average Bonchev–Trinajstić information content (AvgIpc) is 2.95. The van der Waals surface area contributed by atoms with E-state index in [4.69, 9.17) is 9.47 Å². The Morgan fingerprint density at radius 2 is 1.84 bits per heavy atom. The summed E-state index contributed by atoms with van der Waals surface area (Å²) in [6, 6.07) is 17.3. The van der Waals surface area contributed by atoms with Gasteiger partial charge in [-0.1, -0.05) is 0 Å². The summed E-state index contributed by atoms with van der Waals surface area (Å²) < 4.78 is 27.5. The van der Waals surface area contributed by atoms with Gasteiger partial charge in [0.1, 0.15) is 17.9 Å². The third kappa shape index (κ3) is 6.81. The fraction of sp³-hybridized carbons (Fsp3) is 0.393. The quantitative estimate of drug-likeness (QED) is 0.415. The second-order valence-electron chi connectivity index (χ2n) is 9.63. The molecule has 2 aliphatic heterocycles. The largest absolute Gasteiger partial charge is 0.593 e. The van der Waals surface area contributed by atoms with Gasteiger partial charge in [-0.05, 0) is 81.5 Å². The van der Waals surface area contributed by atoms with Crippen LogP contribution in [0.1, 0.15) is 31.2 Å². The van der Waals surface area contributed by atoms with Crippen LogP contribution in [-0.4, -0.2) is 64.9 Å². The first-order valence-electron chi connectivity index (χ1n) is 12.9. The van der Waals surface area contributed by atoms with E-state index in [-0.39, 0.29) is 12.1 Å². The Bertz CT molecular complexity index is 1250. The Hall–Kier alpha value is -3.20. The smallest absolute Gasteiger partial charge is 0.227 e. The average molecular weight is 533 g/mol. The molecule has 1 atom stereocenters. The Labute approximate surface area is 226 Å². The van der Waals surface area contributed by atoms with Gasteiger partial charge in [0.25, 0.3) is 0 Å². The Balaban J connectivity index is 1.22. The second-order valence-corrected chi connectivity index (χ2v) is 10.9. The van der Waals surface area contributed by atoms with Crippen molar-refractivity contribution in [1.29, 1.82) is 5.26 Å². The first-order chi connectivity index (χ1) is 18.6. The van der Waals surface area contributed by atoms with Crippen molar-refractivity contribution in [3.8, 4) is 23.1 Å². The number of aromatic nitrogens is 2. The van der Waals surface area contributed by atoms with Crippen LogP contribution in [0.3, 0.4) is 0 Å². The van der Waals surface area contributed by atoms with Crippen molar-refractivity contribution >= 4 is 23.0 Å². The molecule has 0 aliphatic carbocycles. The molecule has 3 aromatic rings. The van der Waals surface area contributed by atoms with E-state index in [1.165, 1.54) is 0 Å². The van der Waals surface area contributed by atoms with E-state index < -0.39 is 11.4 Å². The predicted octanol–water partition coefficient (Wildman–Crippen LogP) is 4.02. The molecule has 2 aromatic carbocycles. The molecule has 0 radical (unpaired) electrons. The zero-order chi connectivity index (χ0) is 26.3. The topological polar surface area (TPSA) is 118 Å². The van der Waals surface area contributed by atoms with Gasteiger partial charge in [-0.15, -0.1) is 4.72 Å². The van der Waals surface area contributed by atoms with Gasteiger partial charge in [-0.2, -0.15) is 5.26 Å². The van der Waals surface area contributed by atoms with Crippen molar-refractivity contribution in [2.24, 2.45) is 0 Å². The van der Waals surface area contributed by atoms with Crippen LogP contribution < -0.4 is 14.8 Å². The highest BCUT2D eigenvalue weighted by molar-refractivity contribution is 7.89. The zero-order valence-electron chi connectivity index (χ0n) is 21.4. The molecule has 1 aromatic heterocycles. The van der Waals surface area contributed by atoms with E-state index in [1.807, 2.05) is 42.5 Å². The zero-order valence-corrected chi connectivity index (χ0v) is 22.2. The molecular weight excluding hydrogens is 500 g/mol. The van der Waals surface area contributed by atoms with E-state index in [2.05, 4.69) is 38.0 Å². The van der Waals surface area contributed by atoms with Gasteiger partial charge in [-0.3, -0.25) is 0 Å². The Morgan fingerprint density at radius 1 is 1.08 bits per heavy atom. The number of benzene rings is 2. The molecule has 10 heteroatoms. The molecule has 2 fully saturated rings. The molecule has 38 heavy (non-hydrogen) atoms. The number of anilines is 2. The van der Waals surface area contributed by atoms with Crippen LogP contribution in [-0.2, 0) is 16.1 Å². The molecule has 198 valence electrons. The third-order valence-corrected chi connectivity index (χ3v) is 8.08. The van der Waals surface area contributed by atoms with E-state index in [9.17, 15) is 9.81 Å². The summed E-state index contributed by atoms with van der Waals surface area (Å²) >= 11 is -1.25. The van der Waals surface area contributed by atoms with Crippen LogP contribution >= 0.6 is 0 Å². The van der Waals surface area contributed by atoms with E-state index in [0.29, 0.717) is 36.2 Å². The van der Waals surface area contributed by atoms with Gasteiger partial charge in [0.15, 0.2) is 4.90 Å². The summed E-state index contributed by atoms with van der Waals surface area (Å²) in [5, 5.41) is 12.9. The minimum atomic E-state index is -1.25. The molecule has 0 spiro atoms. The molecule has 0 saturated carbocycles. The van der Waals surface area contributed by atoms with Crippen LogP contribution in [0.25, 0.3) is 11.3 Å². The highest BCUT2D eigenvalue weighted by Gasteiger charge is 2.23. The van der Waals surface area contributed by atoms with Crippen LogP contribution in [0.5, 0.6) is 5.75 Å². The van der Waals surface area contributed by atoms with Crippen LogP contribution in [0, 0.1) is 11.3 Å². The highest BCUT2D eigenvalue weighted by Crippen LogP contribution is 2.28. The monoisotopic (exact) mass is 532 g/mol. The van der Waals surface area contributed by atoms with Gasteiger partial charge in [0, 0.05) is 30.3 Å². The van der Waals surface area contributed by atoms with E-state index in [1.54, 1.807) is 12.3 Å². The van der Waals surface area contributed by atoms with Crippen molar-refractivity contribution in [2.45, 2.75) is 42.7 Å². The summed E-state index contributed by atoms with van der Waals surface area (Å²) in [5.41, 5.74) is 2.76. The Kier molecular flexibility index (Phi) is 8.73. The molecule has 5 rings (SSSR count). The number of piperidine rings is 1. The van der Waals surface area contributed by atoms with Crippen molar-refractivity contribution in [3.05, 3.63) is 60.3 Å². The lowest BCUT2D eigenvalue weighted by Gasteiger charge is -2.29. The molecule has 0 bridgehead atoms. The number of nitrogens with one attached hydrogen (secondary N) is 2. The molecule has 9 nitrogen and oxygen atoms in total. The van der Waals surface area contributed by atoms with Gasteiger partial charge in [0.05, 0.1) is 41.9 Å². The normalized spacial score (nSPS) is 18.0. The summed E-state index contributed by atoms with van der Waals surface area (Å²) in [4.78, 5) is 12.0. The summed E-state index contributed by atoms with van der Waals surface area (Å²) in [6.07, 6.45) is 5.37. The summed E-state index contributed by atoms with van der Waals surface area (Å²) in [6.45, 7) is 3.39. The number of hydrogen-bond acceptors (Lipinski definition) is 9. The van der Waals surface area contributed by atoms with Gasteiger partial charge < -0.3 is 24.2 Å². The maximum atomic E-state index is 12.8. The molecule has 1 unspecified atom stereocenters. The summed E-state index contributed by atoms with van der Waals surface area (Å²) in [7, 11) is 2.11. The standard InChI is InChI=1S/C28H32N6O3S/c1-34-14-9-23(10-15-34)33-38(35)25-5-3-22(4-6-25)31-28-30-13-8-26(32-28)20-2-7-27(21(18-20)19-29)37-24-11-16-36-17-12-24/h2-8,13,18,23-24,33H,9-12,14-17H2,1H3,(H,30,31,32). The van der Waals surface area contributed by atoms with E-state index in [0.717, 1.165) is 54.9 Å². The fourth-order valence-corrected chi connectivity index (χ4v) is 5.63. The molecule has 2 aliphatic rings. The SMILES string of the molecule is CN1CCC(N[S+]([O-])c2ccc(Nc3nccc(-c4ccc(OC5CCOCC5)c(C#N)c4)n3)cc2)CC1. The van der Waals surface area contributed by atoms with Crippen molar-refractivity contribution in [1.82, 2.24) is 19.6 Å². The van der Waals surface area contributed by atoms with Crippen LogP contribution in [0.2, 0.25) is 0 Å². The lowest BCUT2D eigenvalue weighted by atomic mass is 10.1. The minimum absolute atomic E-state index is 0.0606. The third-order valence-electron chi connectivity index (χ3n) is 6.83. The number of nitriles is 1. The van der Waals surface area contributed by atoms with Gasteiger partial charge in [0.2, 0.25) is 5.95 Å². The maximum absolute atomic E-state index is 12.8. The Morgan fingerprint density at radius 3 is 2.58 bits per heavy atom. The number of ether oxygens (including phenoxy) is 2. The second kappa shape index (κ2) is 12.6. The van der Waals surface area contributed by atoms with Gasteiger partial charge in [-0.25, -0.2) is 9.97 Å². The van der Waals surface area contributed by atoms with Gasteiger partial charge >= 0.3 is 0 Å². The lowest BCUT2D eigenvalue weighted by molar-refractivity contribution is 0.0254. The van der Waals surface area contributed by atoms with Crippen molar-refractivity contribution in [3.63, 3.8) is 0 Å². The molecular formula is C28H32N6O3S. The first kappa shape index (κ1) is 26.4.